The minimum Gasteiger partial charge on any atom is -0.309 e. The van der Waals surface area contributed by atoms with Gasteiger partial charge in [-0.05, 0) is 31.2 Å². The van der Waals surface area contributed by atoms with Crippen molar-refractivity contribution in [1.82, 2.24) is 20.4 Å². The van der Waals surface area contributed by atoms with Crippen molar-refractivity contribution in [2.24, 2.45) is 0 Å². The van der Waals surface area contributed by atoms with Crippen LogP contribution in [0.5, 0.6) is 0 Å². The lowest BCUT2D eigenvalue weighted by atomic mass is 10.1. The van der Waals surface area contributed by atoms with Crippen LogP contribution in [0.15, 0.2) is 30.3 Å². The van der Waals surface area contributed by atoms with Gasteiger partial charge in [0.1, 0.15) is 0 Å². The number of rotatable bonds is 4. The lowest BCUT2D eigenvalue weighted by molar-refractivity contribution is -0.115. The van der Waals surface area contributed by atoms with Crippen LogP contribution in [0.25, 0.3) is 11.3 Å². The van der Waals surface area contributed by atoms with E-state index in [0.29, 0.717) is 27.3 Å². The van der Waals surface area contributed by atoms with E-state index in [1.165, 1.54) is 0 Å². The van der Waals surface area contributed by atoms with Crippen LogP contribution in [0.4, 0.5) is 5.82 Å². The molecule has 0 radical (unpaired) electrons. The number of nitrogens with zero attached hydrogens (tertiary/aromatic N) is 2. The van der Waals surface area contributed by atoms with Crippen molar-refractivity contribution in [1.29, 1.82) is 0 Å². The van der Waals surface area contributed by atoms with Gasteiger partial charge in [0.2, 0.25) is 5.91 Å². The molecule has 0 saturated heterocycles. The number of hydrogen-bond acceptors (Lipinski definition) is 3. The first-order chi connectivity index (χ1) is 11.0. The average Bonchev–Trinajstić information content (AvgIpc) is 3.07. The number of nitrogens with one attached hydrogen (secondary N) is 3. The Bertz CT molecular complexity index is 835. The minimum atomic E-state index is -0.196. The van der Waals surface area contributed by atoms with E-state index in [2.05, 4.69) is 25.7 Å². The van der Waals surface area contributed by atoms with Gasteiger partial charge in [0.25, 0.3) is 0 Å². The number of carbonyl (C=O) groups is 1. The van der Waals surface area contributed by atoms with Gasteiger partial charge in [-0.15, -0.1) is 0 Å². The van der Waals surface area contributed by atoms with Gasteiger partial charge >= 0.3 is 0 Å². The normalized spacial score (nSPS) is 10.7. The Balaban J connectivity index is 1.70. The third kappa shape index (κ3) is 3.91. The largest absolute Gasteiger partial charge is 0.309 e. The number of anilines is 1. The van der Waals surface area contributed by atoms with E-state index in [0.717, 1.165) is 11.3 Å². The van der Waals surface area contributed by atoms with Gasteiger partial charge in [-0.1, -0.05) is 23.2 Å². The molecule has 6 nitrogen and oxygen atoms in total. The molecule has 23 heavy (non-hydrogen) atoms. The zero-order valence-corrected chi connectivity index (χ0v) is 13.7. The standard InChI is InChI=1S/C15H13Cl2N5O/c1-8-2-12(20-19-8)6-15(23)18-14-7-13(21-22-14)9-3-10(16)5-11(17)4-9/h2-5,7H,6H2,1H3,(H,19,20)(H2,18,21,22,23). The van der Waals surface area contributed by atoms with E-state index in [4.69, 9.17) is 23.2 Å². The molecule has 8 heteroatoms. The Morgan fingerprint density at radius 3 is 2.48 bits per heavy atom. The number of aryl methyl sites for hydroxylation is 1. The fourth-order valence-electron chi connectivity index (χ4n) is 2.16. The number of aromatic amines is 2. The summed E-state index contributed by atoms with van der Waals surface area (Å²) in [5.41, 5.74) is 3.09. The van der Waals surface area contributed by atoms with Crippen LogP contribution >= 0.6 is 23.2 Å². The lowest BCUT2D eigenvalue weighted by Crippen LogP contribution is -2.14. The Morgan fingerprint density at radius 2 is 1.83 bits per heavy atom. The molecular formula is C15H13Cl2N5O. The van der Waals surface area contributed by atoms with Gasteiger partial charge in [-0.25, -0.2) is 0 Å². The maximum atomic E-state index is 12.0. The third-order valence-electron chi connectivity index (χ3n) is 3.12. The molecule has 3 rings (SSSR count). The van der Waals surface area contributed by atoms with Crippen LogP contribution in [-0.4, -0.2) is 26.3 Å². The van der Waals surface area contributed by atoms with Crippen LogP contribution in [0.3, 0.4) is 0 Å². The number of amides is 1. The maximum Gasteiger partial charge on any atom is 0.231 e. The fourth-order valence-corrected chi connectivity index (χ4v) is 2.69. The highest BCUT2D eigenvalue weighted by molar-refractivity contribution is 6.35. The predicted octanol–water partition coefficient (Wildman–Crippen LogP) is 3.60. The molecule has 0 bridgehead atoms. The Morgan fingerprint density at radius 1 is 1.09 bits per heavy atom. The first-order valence-corrected chi connectivity index (χ1v) is 7.58. The second-order valence-electron chi connectivity index (χ2n) is 5.09. The van der Waals surface area contributed by atoms with Crippen molar-refractivity contribution in [3.8, 4) is 11.3 Å². The van der Waals surface area contributed by atoms with Crippen LogP contribution in [0.1, 0.15) is 11.4 Å². The molecule has 1 aromatic carbocycles. The molecule has 0 atom stereocenters. The molecule has 2 aromatic heterocycles. The zero-order valence-electron chi connectivity index (χ0n) is 12.2. The number of H-pyrrole nitrogens is 2. The molecule has 3 N–H and O–H groups in total. The number of carbonyl (C=O) groups excluding carboxylic acids is 1. The van der Waals surface area contributed by atoms with E-state index in [1.807, 2.05) is 13.0 Å². The van der Waals surface area contributed by atoms with Gasteiger partial charge in [-0.2, -0.15) is 10.2 Å². The Labute approximate surface area is 142 Å². The SMILES string of the molecule is Cc1cc(CC(=O)Nc2cc(-c3cc(Cl)cc(Cl)c3)[nH]n2)n[nH]1. The van der Waals surface area contributed by atoms with Gasteiger partial charge in [0, 0.05) is 27.4 Å². The number of hydrogen-bond donors (Lipinski definition) is 3. The van der Waals surface area contributed by atoms with Gasteiger partial charge in [-0.3, -0.25) is 15.0 Å². The summed E-state index contributed by atoms with van der Waals surface area (Å²) < 4.78 is 0. The van der Waals surface area contributed by atoms with Gasteiger partial charge in [0.05, 0.1) is 17.8 Å². The van der Waals surface area contributed by atoms with Crippen LogP contribution in [-0.2, 0) is 11.2 Å². The van der Waals surface area contributed by atoms with E-state index in [-0.39, 0.29) is 12.3 Å². The van der Waals surface area contributed by atoms with Crippen molar-refractivity contribution in [2.45, 2.75) is 13.3 Å². The molecule has 0 spiro atoms. The molecule has 2 heterocycles. The lowest BCUT2D eigenvalue weighted by Gasteiger charge is -2.00. The minimum absolute atomic E-state index is 0.176. The molecule has 3 aromatic rings. The van der Waals surface area contributed by atoms with Crippen molar-refractivity contribution in [3.63, 3.8) is 0 Å². The van der Waals surface area contributed by atoms with E-state index >= 15 is 0 Å². The predicted molar refractivity (Wildman–Crippen MR) is 89.7 cm³/mol. The number of halogens is 2. The quantitative estimate of drug-likeness (QED) is 0.672. The third-order valence-corrected chi connectivity index (χ3v) is 3.56. The van der Waals surface area contributed by atoms with Crippen molar-refractivity contribution in [3.05, 3.63) is 51.8 Å². The molecule has 0 unspecified atom stereocenters. The van der Waals surface area contributed by atoms with E-state index in [1.54, 1.807) is 24.3 Å². The molecule has 1 amide bonds. The highest BCUT2D eigenvalue weighted by atomic mass is 35.5. The van der Waals surface area contributed by atoms with E-state index < -0.39 is 0 Å². The molecule has 0 fully saturated rings. The first-order valence-electron chi connectivity index (χ1n) is 6.82. The molecule has 118 valence electrons. The summed E-state index contributed by atoms with van der Waals surface area (Å²) in [6.45, 7) is 1.88. The summed E-state index contributed by atoms with van der Waals surface area (Å²) in [5.74, 6) is 0.229. The number of benzene rings is 1. The summed E-state index contributed by atoms with van der Waals surface area (Å²) in [4.78, 5) is 12.0. The smallest absolute Gasteiger partial charge is 0.231 e. The molecule has 0 saturated carbocycles. The number of aromatic nitrogens is 4. The van der Waals surface area contributed by atoms with Crippen molar-refractivity contribution < 1.29 is 4.79 Å². The summed E-state index contributed by atoms with van der Waals surface area (Å²) in [5, 5.41) is 17.5. The maximum absolute atomic E-state index is 12.0. The highest BCUT2D eigenvalue weighted by Crippen LogP contribution is 2.27. The van der Waals surface area contributed by atoms with Crippen molar-refractivity contribution >= 4 is 34.9 Å². The van der Waals surface area contributed by atoms with Gasteiger partial charge < -0.3 is 5.32 Å². The van der Waals surface area contributed by atoms with Crippen LogP contribution in [0.2, 0.25) is 10.0 Å². The summed E-state index contributed by atoms with van der Waals surface area (Å²) in [6, 6.07) is 8.72. The first kappa shape index (κ1) is 15.6. The zero-order chi connectivity index (χ0) is 16.4. The van der Waals surface area contributed by atoms with Crippen LogP contribution < -0.4 is 5.32 Å². The summed E-state index contributed by atoms with van der Waals surface area (Å²) in [7, 11) is 0. The van der Waals surface area contributed by atoms with Gasteiger partial charge in [0.15, 0.2) is 5.82 Å². The molecule has 0 aliphatic heterocycles. The fraction of sp³-hybridized carbons (Fsp3) is 0.133. The average molecular weight is 350 g/mol. The molecule has 0 aliphatic rings. The molecule has 0 aliphatic carbocycles. The second kappa shape index (κ2) is 6.44. The Kier molecular flexibility index (Phi) is 4.36. The second-order valence-corrected chi connectivity index (χ2v) is 5.97. The summed E-state index contributed by atoms with van der Waals surface area (Å²) in [6.07, 6.45) is 0.176. The van der Waals surface area contributed by atoms with E-state index in [9.17, 15) is 4.79 Å². The van der Waals surface area contributed by atoms with Crippen LogP contribution in [0, 0.1) is 6.92 Å². The Hall–Kier alpha value is -2.31. The molecular weight excluding hydrogens is 337 g/mol. The van der Waals surface area contributed by atoms with Crippen molar-refractivity contribution in [2.75, 3.05) is 5.32 Å². The summed E-state index contributed by atoms with van der Waals surface area (Å²) >= 11 is 12.0. The topological polar surface area (TPSA) is 86.5 Å². The monoisotopic (exact) mass is 349 g/mol. The highest BCUT2D eigenvalue weighted by Gasteiger charge is 2.10.